The van der Waals surface area contributed by atoms with Crippen molar-refractivity contribution in [3.8, 4) is 10.4 Å². The van der Waals surface area contributed by atoms with Gasteiger partial charge in [0.2, 0.25) is 11.8 Å². The van der Waals surface area contributed by atoms with Crippen LogP contribution >= 0.6 is 22.9 Å². The Morgan fingerprint density at radius 1 is 0.964 bits per heavy atom. The lowest BCUT2D eigenvalue weighted by Gasteiger charge is -2.11. The minimum absolute atomic E-state index is 0.152. The molecule has 1 aromatic heterocycles. The van der Waals surface area contributed by atoms with Crippen LogP contribution in [0, 0.1) is 6.92 Å². The van der Waals surface area contributed by atoms with Crippen LogP contribution in [0.5, 0.6) is 0 Å². The Bertz CT molecular complexity index is 1040. The molecule has 4 nitrogen and oxygen atoms in total. The van der Waals surface area contributed by atoms with E-state index < -0.39 is 0 Å². The smallest absolute Gasteiger partial charge is 0.248 e. The van der Waals surface area contributed by atoms with Crippen molar-refractivity contribution in [3.63, 3.8) is 0 Å². The van der Waals surface area contributed by atoms with Crippen molar-refractivity contribution < 1.29 is 9.59 Å². The summed E-state index contributed by atoms with van der Waals surface area (Å²) < 4.78 is 0. The summed E-state index contributed by atoms with van der Waals surface area (Å²) in [5.41, 5.74) is 3.23. The molecule has 3 aromatic rings. The first-order valence-corrected chi connectivity index (χ1v) is 9.84. The van der Waals surface area contributed by atoms with Gasteiger partial charge >= 0.3 is 0 Å². The largest absolute Gasteiger partial charge is 0.326 e. The quantitative estimate of drug-likeness (QED) is 0.508. The number of anilines is 2. The highest BCUT2D eigenvalue weighted by Crippen LogP contribution is 2.30. The van der Waals surface area contributed by atoms with E-state index in [0.29, 0.717) is 16.4 Å². The average Bonchev–Trinajstić information content (AvgIpc) is 3.13. The zero-order valence-electron chi connectivity index (χ0n) is 15.5. The molecule has 0 saturated heterocycles. The van der Waals surface area contributed by atoms with E-state index in [4.69, 9.17) is 11.6 Å². The molecule has 0 aliphatic rings. The summed E-state index contributed by atoms with van der Waals surface area (Å²) in [4.78, 5) is 25.6. The topological polar surface area (TPSA) is 58.2 Å². The van der Waals surface area contributed by atoms with Crippen LogP contribution in [0.4, 0.5) is 11.4 Å². The molecule has 0 unspecified atom stereocenters. The van der Waals surface area contributed by atoms with Crippen LogP contribution in [0.25, 0.3) is 16.5 Å². The van der Waals surface area contributed by atoms with Crippen molar-refractivity contribution in [2.75, 3.05) is 10.6 Å². The number of hydrogen-bond donors (Lipinski definition) is 2. The van der Waals surface area contributed by atoms with Crippen LogP contribution < -0.4 is 10.6 Å². The first-order valence-electron chi connectivity index (χ1n) is 8.64. The molecule has 0 saturated carbocycles. The van der Waals surface area contributed by atoms with E-state index in [9.17, 15) is 9.59 Å². The van der Waals surface area contributed by atoms with Gasteiger partial charge < -0.3 is 10.6 Å². The lowest BCUT2D eigenvalue weighted by atomic mass is 10.1. The summed E-state index contributed by atoms with van der Waals surface area (Å²) in [7, 11) is 0. The molecular weight excluding hydrogens is 392 g/mol. The Kier molecular flexibility index (Phi) is 6.29. The number of nitrogens with one attached hydrogen (secondary N) is 2. The van der Waals surface area contributed by atoms with Crippen LogP contribution in [-0.4, -0.2) is 11.8 Å². The molecule has 0 atom stereocenters. The molecule has 0 bridgehead atoms. The summed E-state index contributed by atoms with van der Waals surface area (Å²) in [6.07, 6.45) is 3.29. The van der Waals surface area contributed by atoms with E-state index >= 15 is 0 Å². The third-order valence-corrected chi connectivity index (χ3v) is 5.41. The zero-order valence-corrected chi connectivity index (χ0v) is 17.0. The highest BCUT2D eigenvalue weighted by atomic mass is 35.5. The lowest BCUT2D eigenvalue weighted by molar-refractivity contribution is -0.114. The van der Waals surface area contributed by atoms with E-state index in [1.165, 1.54) is 13.0 Å². The molecular formula is C22H19ClN2O2S. The lowest BCUT2D eigenvalue weighted by Crippen LogP contribution is -2.11. The van der Waals surface area contributed by atoms with Gasteiger partial charge in [0.15, 0.2) is 0 Å². The fraction of sp³-hybridized carbons (Fsp3) is 0.0909. The van der Waals surface area contributed by atoms with Gasteiger partial charge in [0.05, 0.1) is 0 Å². The van der Waals surface area contributed by atoms with Gasteiger partial charge in [-0.15, -0.1) is 11.3 Å². The van der Waals surface area contributed by atoms with E-state index in [0.717, 1.165) is 20.9 Å². The highest BCUT2D eigenvalue weighted by molar-refractivity contribution is 7.16. The van der Waals surface area contributed by atoms with Crippen molar-refractivity contribution in [2.45, 2.75) is 13.8 Å². The standard InChI is InChI=1S/C22H19ClN2O2S/c1-14-19(24-15(2)26)4-3-5-20(14)25-22(27)13-11-18-10-12-21(28-18)16-6-8-17(23)9-7-16/h3-13H,1-2H3,(H,24,26)(H,25,27)/b13-11+. The number of hydrogen-bond acceptors (Lipinski definition) is 3. The second kappa shape index (κ2) is 8.87. The minimum atomic E-state index is -0.232. The van der Waals surface area contributed by atoms with Crippen LogP contribution in [0.1, 0.15) is 17.4 Å². The van der Waals surface area contributed by atoms with Gasteiger partial charge in [-0.1, -0.05) is 29.8 Å². The molecule has 28 heavy (non-hydrogen) atoms. The number of carbonyl (C=O) groups is 2. The van der Waals surface area contributed by atoms with E-state index in [2.05, 4.69) is 10.6 Å². The number of amides is 2. The molecule has 0 radical (unpaired) electrons. The van der Waals surface area contributed by atoms with Crippen molar-refractivity contribution in [1.82, 2.24) is 0 Å². The summed E-state index contributed by atoms with van der Waals surface area (Å²) in [6.45, 7) is 3.30. The first-order chi connectivity index (χ1) is 13.4. The molecule has 2 aromatic carbocycles. The van der Waals surface area contributed by atoms with Gasteiger partial charge in [0.25, 0.3) is 0 Å². The van der Waals surface area contributed by atoms with Crippen LogP contribution in [0.3, 0.4) is 0 Å². The fourth-order valence-corrected chi connectivity index (χ4v) is 3.68. The average molecular weight is 411 g/mol. The predicted octanol–water partition coefficient (Wildman–Crippen LogP) is 5.99. The van der Waals surface area contributed by atoms with Gasteiger partial charge in [-0.25, -0.2) is 0 Å². The van der Waals surface area contributed by atoms with Crippen molar-refractivity contribution in [1.29, 1.82) is 0 Å². The number of halogens is 1. The molecule has 0 aliphatic carbocycles. The number of carbonyl (C=O) groups excluding carboxylic acids is 2. The Morgan fingerprint density at radius 2 is 1.64 bits per heavy atom. The molecule has 6 heteroatoms. The Balaban J connectivity index is 1.68. The molecule has 1 heterocycles. The van der Waals surface area contributed by atoms with E-state index in [-0.39, 0.29) is 11.8 Å². The molecule has 3 rings (SSSR count). The van der Waals surface area contributed by atoms with Crippen LogP contribution in [-0.2, 0) is 9.59 Å². The van der Waals surface area contributed by atoms with E-state index in [1.54, 1.807) is 35.6 Å². The zero-order chi connectivity index (χ0) is 20.1. The van der Waals surface area contributed by atoms with Crippen molar-refractivity contribution in [2.24, 2.45) is 0 Å². The SMILES string of the molecule is CC(=O)Nc1cccc(NC(=O)/C=C/c2ccc(-c3ccc(Cl)cc3)s2)c1C. The Labute approximate surface area is 172 Å². The molecule has 2 amide bonds. The van der Waals surface area contributed by atoms with Gasteiger partial charge in [-0.3, -0.25) is 9.59 Å². The van der Waals surface area contributed by atoms with Crippen LogP contribution in [0.15, 0.2) is 60.7 Å². The Morgan fingerprint density at radius 3 is 2.32 bits per heavy atom. The molecule has 142 valence electrons. The monoisotopic (exact) mass is 410 g/mol. The maximum atomic E-state index is 12.3. The summed E-state index contributed by atoms with van der Waals surface area (Å²) in [6, 6.07) is 17.0. The second-order valence-electron chi connectivity index (χ2n) is 6.19. The van der Waals surface area contributed by atoms with Crippen molar-refractivity contribution in [3.05, 3.63) is 76.1 Å². The number of rotatable bonds is 5. The third-order valence-electron chi connectivity index (χ3n) is 4.06. The Hall–Kier alpha value is -2.89. The van der Waals surface area contributed by atoms with Crippen molar-refractivity contribution >= 4 is 52.2 Å². The molecule has 0 spiro atoms. The summed E-state index contributed by atoms with van der Waals surface area (Å²) in [5.74, 6) is -0.384. The second-order valence-corrected chi connectivity index (χ2v) is 7.74. The van der Waals surface area contributed by atoms with Gasteiger partial charge in [-0.2, -0.15) is 0 Å². The maximum absolute atomic E-state index is 12.3. The fourth-order valence-electron chi connectivity index (χ4n) is 2.64. The van der Waals surface area contributed by atoms with E-state index in [1.807, 2.05) is 43.3 Å². The predicted molar refractivity (Wildman–Crippen MR) is 118 cm³/mol. The van der Waals surface area contributed by atoms with Gasteiger partial charge in [-0.05, 0) is 60.5 Å². The molecule has 0 fully saturated rings. The third kappa shape index (κ3) is 5.09. The first kappa shape index (κ1) is 19.9. The van der Waals surface area contributed by atoms with Crippen LogP contribution in [0.2, 0.25) is 5.02 Å². The van der Waals surface area contributed by atoms with Gasteiger partial charge in [0, 0.05) is 39.2 Å². The molecule has 2 N–H and O–H groups in total. The van der Waals surface area contributed by atoms with Gasteiger partial charge in [0.1, 0.15) is 0 Å². The maximum Gasteiger partial charge on any atom is 0.248 e. The molecule has 0 aliphatic heterocycles. The summed E-state index contributed by atoms with van der Waals surface area (Å²) in [5, 5.41) is 6.31. The minimum Gasteiger partial charge on any atom is -0.326 e. The summed E-state index contributed by atoms with van der Waals surface area (Å²) >= 11 is 7.52. The number of benzene rings is 2. The normalized spacial score (nSPS) is 10.8. The highest BCUT2D eigenvalue weighted by Gasteiger charge is 2.07. The number of thiophene rings is 1.